The lowest BCUT2D eigenvalue weighted by atomic mass is 10.1. The normalized spacial score (nSPS) is 10.8. The van der Waals surface area contributed by atoms with E-state index in [1.807, 2.05) is 63.2 Å². The Morgan fingerprint density at radius 1 is 1.00 bits per heavy atom. The van der Waals surface area contributed by atoms with Gasteiger partial charge in [0.15, 0.2) is 0 Å². The van der Waals surface area contributed by atoms with E-state index < -0.39 is 0 Å². The van der Waals surface area contributed by atoms with Crippen LogP contribution in [0.2, 0.25) is 0 Å². The van der Waals surface area contributed by atoms with Crippen molar-refractivity contribution in [2.75, 3.05) is 18.9 Å². The fourth-order valence-corrected chi connectivity index (χ4v) is 4.12. The molecule has 5 heteroatoms. The third-order valence-corrected chi connectivity index (χ3v) is 5.90. The second-order valence-corrected chi connectivity index (χ2v) is 7.56. The number of hydrogen-bond donors (Lipinski definition) is 1. The average Bonchev–Trinajstić information content (AvgIpc) is 2.95. The quantitative estimate of drug-likeness (QED) is 0.737. The Morgan fingerprint density at radius 3 is 2.46 bits per heavy atom. The number of likely N-dealkylation sites (N-methyl/N-ethyl adjacent to an activating group) is 1. The second kappa shape index (κ2) is 7.30. The summed E-state index contributed by atoms with van der Waals surface area (Å²) in [4.78, 5) is 27.3. The number of thiophene rings is 1. The van der Waals surface area contributed by atoms with Crippen LogP contribution >= 0.6 is 11.3 Å². The number of anilines is 1. The zero-order valence-corrected chi connectivity index (χ0v) is 16.2. The molecule has 3 rings (SSSR count). The fourth-order valence-electron chi connectivity index (χ4n) is 2.92. The Labute approximate surface area is 157 Å². The van der Waals surface area contributed by atoms with E-state index in [2.05, 4.69) is 5.32 Å². The molecule has 0 aliphatic rings. The summed E-state index contributed by atoms with van der Waals surface area (Å²) in [6.07, 6.45) is 0. The molecule has 0 unspecified atom stereocenters. The second-order valence-electron chi connectivity index (χ2n) is 6.51. The van der Waals surface area contributed by atoms with Crippen molar-refractivity contribution < 1.29 is 9.59 Å². The maximum atomic E-state index is 12.8. The molecule has 0 saturated carbocycles. The van der Waals surface area contributed by atoms with Gasteiger partial charge in [-0.3, -0.25) is 9.59 Å². The zero-order valence-electron chi connectivity index (χ0n) is 15.4. The van der Waals surface area contributed by atoms with Gasteiger partial charge >= 0.3 is 0 Å². The molecule has 0 atom stereocenters. The number of nitrogens with zero attached hydrogens (tertiary/aromatic N) is 1. The van der Waals surface area contributed by atoms with Gasteiger partial charge in [0.05, 0.1) is 11.4 Å². The first-order valence-corrected chi connectivity index (χ1v) is 9.29. The number of fused-ring (bicyclic) bond motifs is 1. The van der Waals surface area contributed by atoms with Crippen LogP contribution in [-0.4, -0.2) is 30.3 Å². The summed E-state index contributed by atoms with van der Waals surface area (Å²) in [6, 6.07) is 13.8. The highest BCUT2D eigenvalue weighted by atomic mass is 32.1. The monoisotopic (exact) mass is 366 g/mol. The van der Waals surface area contributed by atoms with Crippen LogP contribution < -0.4 is 5.32 Å². The van der Waals surface area contributed by atoms with Crippen LogP contribution in [-0.2, 0) is 4.79 Å². The van der Waals surface area contributed by atoms with Crippen LogP contribution in [0, 0.1) is 20.8 Å². The number of nitrogens with one attached hydrogen (secondary N) is 1. The van der Waals surface area contributed by atoms with E-state index >= 15 is 0 Å². The highest BCUT2D eigenvalue weighted by molar-refractivity contribution is 7.21. The Morgan fingerprint density at radius 2 is 1.73 bits per heavy atom. The maximum Gasteiger partial charge on any atom is 0.264 e. The maximum absolute atomic E-state index is 12.8. The van der Waals surface area contributed by atoms with Gasteiger partial charge < -0.3 is 10.2 Å². The van der Waals surface area contributed by atoms with E-state index in [0.717, 1.165) is 32.5 Å². The minimum Gasteiger partial charge on any atom is -0.332 e. The lowest BCUT2D eigenvalue weighted by molar-refractivity contribution is -0.116. The fraction of sp³-hybridized carbons (Fsp3) is 0.238. The van der Waals surface area contributed by atoms with Crippen molar-refractivity contribution in [2.45, 2.75) is 20.8 Å². The van der Waals surface area contributed by atoms with Crippen molar-refractivity contribution in [3.63, 3.8) is 0 Å². The van der Waals surface area contributed by atoms with Crippen molar-refractivity contribution in [1.82, 2.24) is 4.90 Å². The van der Waals surface area contributed by atoms with Crippen LogP contribution in [0.15, 0.2) is 42.5 Å². The highest BCUT2D eigenvalue weighted by Gasteiger charge is 2.20. The molecule has 2 aromatic carbocycles. The van der Waals surface area contributed by atoms with Gasteiger partial charge in [-0.05, 0) is 55.0 Å². The molecule has 3 aromatic rings. The number of hydrogen-bond acceptors (Lipinski definition) is 3. The first-order chi connectivity index (χ1) is 12.4. The van der Waals surface area contributed by atoms with Crippen molar-refractivity contribution in [3.8, 4) is 0 Å². The molecule has 0 saturated heterocycles. The predicted molar refractivity (Wildman–Crippen MR) is 108 cm³/mol. The van der Waals surface area contributed by atoms with Crippen molar-refractivity contribution >= 4 is 38.9 Å². The molecule has 0 spiro atoms. The third-order valence-electron chi connectivity index (χ3n) is 4.64. The summed E-state index contributed by atoms with van der Waals surface area (Å²) >= 11 is 1.47. The lowest BCUT2D eigenvalue weighted by Gasteiger charge is -2.17. The zero-order chi connectivity index (χ0) is 18.8. The molecule has 1 heterocycles. The summed E-state index contributed by atoms with van der Waals surface area (Å²) in [7, 11) is 1.66. The van der Waals surface area contributed by atoms with Crippen molar-refractivity contribution in [3.05, 3.63) is 64.0 Å². The number of carbonyl (C=O) groups is 2. The van der Waals surface area contributed by atoms with Crippen LogP contribution in [0.25, 0.3) is 10.1 Å². The Balaban J connectivity index is 1.73. The molecular formula is C21H22N2O2S. The molecule has 0 radical (unpaired) electrons. The molecule has 0 aliphatic carbocycles. The van der Waals surface area contributed by atoms with Crippen molar-refractivity contribution in [1.29, 1.82) is 0 Å². The largest absolute Gasteiger partial charge is 0.332 e. The summed E-state index contributed by atoms with van der Waals surface area (Å²) in [5.74, 6) is -0.326. The minimum absolute atomic E-state index is 0.0138. The van der Waals surface area contributed by atoms with E-state index in [9.17, 15) is 9.59 Å². The topological polar surface area (TPSA) is 49.4 Å². The van der Waals surface area contributed by atoms with Gasteiger partial charge in [-0.25, -0.2) is 0 Å². The molecule has 0 fully saturated rings. The average molecular weight is 366 g/mol. The van der Waals surface area contributed by atoms with Gasteiger partial charge in [0.25, 0.3) is 5.91 Å². The first-order valence-electron chi connectivity index (χ1n) is 8.48. The van der Waals surface area contributed by atoms with E-state index in [4.69, 9.17) is 0 Å². The SMILES string of the molecule is Cc1cccc(NC(=O)CN(C)C(=O)c2sc3ccccc3c2C)c1C. The van der Waals surface area contributed by atoms with E-state index in [0.29, 0.717) is 4.88 Å². The van der Waals surface area contributed by atoms with Crippen LogP contribution in [0.3, 0.4) is 0 Å². The van der Waals surface area contributed by atoms with Gasteiger partial charge in [-0.2, -0.15) is 0 Å². The van der Waals surface area contributed by atoms with Gasteiger partial charge in [0, 0.05) is 17.4 Å². The van der Waals surface area contributed by atoms with Gasteiger partial charge in [-0.15, -0.1) is 11.3 Å². The van der Waals surface area contributed by atoms with Crippen LogP contribution in [0.4, 0.5) is 5.69 Å². The smallest absolute Gasteiger partial charge is 0.264 e. The summed E-state index contributed by atoms with van der Waals surface area (Å²) < 4.78 is 1.08. The van der Waals surface area contributed by atoms with E-state index in [1.165, 1.54) is 16.2 Å². The first kappa shape index (κ1) is 18.1. The molecule has 26 heavy (non-hydrogen) atoms. The number of amides is 2. The highest BCUT2D eigenvalue weighted by Crippen LogP contribution is 2.31. The third kappa shape index (κ3) is 3.48. The summed E-state index contributed by atoms with van der Waals surface area (Å²) in [5, 5.41) is 3.99. The predicted octanol–water partition coefficient (Wildman–Crippen LogP) is 4.54. The summed E-state index contributed by atoms with van der Waals surface area (Å²) in [6.45, 7) is 5.95. The molecule has 134 valence electrons. The molecule has 2 amide bonds. The Kier molecular flexibility index (Phi) is 5.09. The Bertz CT molecular complexity index is 991. The molecule has 0 bridgehead atoms. The minimum atomic E-state index is -0.201. The van der Waals surface area contributed by atoms with Gasteiger partial charge in [0.2, 0.25) is 5.91 Å². The number of benzene rings is 2. The molecule has 1 aromatic heterocycles. The Hall–Kier alpha value is -2.66. The number of carbonyl (C=O) groups excluding carboxylic acids is 2. The van der Waals surface area contributed by atoms with E-state index in [-0.39, 0.29) is 18.4 Å². The number of aryl methyl sites for hydroxylation is 2. The number of rotatable bonds is 4. The molecule has 4 nitrogen and oxygen atoms in total. The van der Waals surface area contributed by atoms with Crippen molar-refractivity contribution in [2.24, 2.45) is 0 Å². The molecule has 0 aliphatic heterocycles. The molecule has 1 N–H and O–H groups in total. The van der Waals surface area contributed by atoms with Gasteiger partial charge in [0.1, 0.15) is 0 Å². The standard InChI is InChI=1S/C21H22N2O2S/c1-13-8-7-10-17(14(13)2)22-19(24)12-23(4)21(25)20-15(3)16-9-5-6-11-18(16)26-20/h5-11H,12H2,1-4H3,(H,22,24). The van der Waals surface area contributed by atoms with Crippen LogP contribution in [0.5, 0.6) is 0 Å². The van der Waals surface area contributed by atoms with Crippen LogP contribution in [0.1, 0.15) is 26.4 Å². The van der Waals surface area contributed by atoms with E-state index in [1.54, 1.807) is 7.05 Å². The molecular weight excluding hydrogens is 344 g/mol. The summed E-state index contributed by atoms with van der Waals surface area (Å²) in [5.41, 5.74) is 3.91. The van der Waals surface area contributed by atoms with Gasteiger partial charge in [-0.1, -0.05) is 30.3 Å². The lowest BCUT2D eigenvalue weighted by Crippen LogP contribution is -2.35.